The van der Waals surface area contributed by atoms with E-state index in [4.69, 9.17) is 5.26 Å². The fraction of sp³-hybridized carbons (Fsp3) is 0.250. The highest BCUT2D eigenvalue weighted by molar-refractivity contribution is 7.89. The Hall–Kier alpha value is -2.04. The van der Waals surface area contributed by atoms with Gasteiger partial charge in [0.05, 0.1) is 11.0 Å². The third kappa shape index (κ3) is 1.95. The fourth-order valence-electron chi connectivity index (χ4n) is 2.07. The standard InChI is InChI=1S/C12H10N2O4S/c1-8(15)11-12(16)9-4-2-3-5-10(9)19(17,18)14(11)7-6-13/h2-5,11H,7H2,1H3. The van der Waals surface area contributed by atoms with E-state index in [1.54, 1.807) is 6.07 Å². The molecule has 1 heterocycles. The van der Waals surface area contributed by atoms with Crippen LogP contribution in [0.1, 0.15) is 17.3 Å². The molecule has 19 heavy (non-hydrogen) atoms. The van der Waals surface area contributed by atoms with Crippen molar-refractivity contribution in [3.63, 3.8) is 0 Å². The number of nitrogens with zero attached hydrogens (tertiary/aromatic N) is 2. The number of rotatable bonds is 2. The Morgan fingerprint density at radius 1 is 1.42 bits per heavy atom. The summed E-state index contributed by atoms with van der Waals surface area (Å²) in [7, 11) is -4.00. The van der Waals surface area contributed by atoms with Crippen LogP contribution in [-0.2, 0) is 14.8 Å². The number of Topliss-reactive ketones (excluding diaryl/α,β-unsaturated/α-hetero) is 2. The van der Waals surface area contributed by atoms with Crippen molar-refractivity contribution in [3.8, 4) is 6.07 Å². The van der Waals surface area contributed by atoms with Crippen molar-refractivity contribution in [1.29, 1.82) is 5.26 Å². The summed E-state index contributed by atoms with van der Waals surface area (Å²) < 4.78 is 25.3. The van der Waals surface area contributed by atoms with Gasteiger partial charge < -0.3 is 0 Å². The molecule has 98 valence electrons. The van der Waals surface area contributed by atoms with E-state index in [1.165, 1.54) is 24.3 Å². The van der Waals surface area contributed by atoms with Crippen molar-refractivity contribution in [2.75, 3.05) is 6.54 Å². The first-order chi connectivity index (χ1) is 8.91. The van der Waals surface area contributed by atoms with Gasteiger partial charge in [0.15, 0.2) is 11.6 Å². The molecule has 0 N–H and O–H groups in total. The zero-order chi connectivity index (χ0) is 14.2. The van der Waals surface area contributed by atoms with Crippen molar-refractivity contribution < 1.29 is 18.0 Å². The number of sulfonamides is 1. The van der Waals surface area contributed by atoms with Crippen LogP contribution in [0.25, 0.3) is 0 Å². The highest BCUT2D eigenvalue weighted by Gasteiger charge is 2.45. The van der Waals surface area contributed by atoms with Gasteiger partial charge >= 0.3 is 0 Å². The Kier molecular flexibility index (Phi) is 3.22. The van der Waals surface area contributed by atoms with Crippen LogP contribution in [0.5, 0.6) is 0 Å². The highest BCUT2D eigenvalue weighted by Crippen LogP contribution is 2.29. The lowest BCUT2D eigenvalue weighted by Gasteiger charge is -2.31. The fourth-order valence-corrected chi connectivity index (χ4v) is 3.77. The predicted molar refractivity (Wildman–Crippen MR) is 64.7 cm³/mol. The van der Waals surface area contributed by atoms with Gasteiger partial charge in [-0.05, 0) is 19.1 Å². The Bertz CT molecular complexity index is 703. The number of nitriles is 1. The van der Waals surface area contributed by atoms with E-state index in [1.807, 2.05) is 0 Å². The first-order valence-corrected chi connectivity index (χ1v) is 6.87. The van der Waals surface area contributed by atoms with Crippen LogP contribution in [0.3, 0.4) is 0 Å². The van der Waals surface area contributed by atoms with E-state index in [0.717, 1.165) is 6.92 Å². The van der Waals surface area contributed by atoms with Gasteiger partial charge in [-0.2, -0.15) is 9.57 Å². The monoisotopic (exact) mass is 278 g/mol. The van der Waals surface area contributed by atoms with Crippen LogP contribution in [0.15, 0.2) is 29.2 Å². The molecule has 1 aromatic carbocycles. The second kappa shape index (κ2) is 4.57. The summed E-state index contributed by atoms with van der Waals surface area (Å²) >= 11 is 0. The number of benzene rings is 1. The summed E-state index contributed by atoms with van der Waals surface area (Å²) in [6, 6.07) is 5.91. The normalized spacial score (nSPS) is 21.5. The molecule has 1 unspecified atom stereocenters. The zero-order valence-corrected chi connectivity index (χ0v) is 10.8. The molecule has 2 rings (SSSR count). The van der Waals surface area contributed by atoms with Gasteiger partial charge in [0, 0.05) is 5.56 Å². The number of carbonyl (C=O) groups excluding carboxylic acids is 2. The molecule has 0 saturated carbocycles. The zero-order valence-electron chi connectivity index (χ0n) is 10.0. The summed E-state index contributed by atoms with van der Waals surface area (Å²) in [5, 5.41) is 8.71. The van der Waals surface area contributed by atoms with Crippen molar-refractivity contribution in [2.24, 2.45) is 0 Å². The summed E-state index contributed by atoms with van der Waals surface area (Å²) in [6.45, 7) is 0.600. The third-order valence-corrected chi connectivity index (χ3v) is 4.76. The first kappa shape index (κ1) is 13.4. The minimum absolute atomic E-state index is 0.00288. The Labute approximate surface area is 110 Å². The molecule has 0 radical (unpaired) electrons. The SMILES string of the molecule is CC(=O)C1C(=O)c2ccccc2S(=O)(=O)N1CC#N. The number of fused-ring (bicyclic) bond motifs is 1. The molecule has 0 amide bonds. The molecule has 7 heteroatoms. The van der Waals surface area contributed by atoms with E-state index in [9.17, 15) is 18.0 Å². The van der Waals surface area contributed by atoms with E-state index >= 15 is 0 Å². The highest BCUT2D eigenvalue weighted by atomic mass is 32.2. The van der Waals surface area contributed by atoms with Gasteiger partial charge in [-0.1, -0.05) is 12.1 Å². The quantitative estimate of drug-likeness (QED) is 0.574. The molecular weight excluding hydrogens is 268 g/mol. The molecule has 0 bridgehead atoms. The largest absolute Gasteiger partial charge is 0.298 e. The lowest BCUT2D eigenvalue weighted by molar-refractivity contribution is -0.119. The van der Waals surface area contributed by atoms with Gasteiger partial charge in [0.1, 0.15) is 12.6 Å². The summed E-state index contributed by atoms with van der Waals surface area (Å²) in [5.41, 5.74) is -0.00288. The van der Waals surface area contributed by atoms with Crippen LogP contribution in [-0.4, -0.2) is 36.9 Å². The predicted octanol–water partition coefficient (Wildman–Crippen LogP) is 0.355. The maximum atomic E-state index is 12.3. The van der Waals surface area contributed by atoms with Gasteiger partial charge in [-0.3, -0.25) is 9.59 Å². The number of hydrogen-bond acceptors (Lipinski definition) is 5. The Morgan fingerprint density at radius 3 is 2.63 bits per heavy atom. The molecule has 1 aliphatic rings. The van der Waals surface area contributed by atoms with Crippen molar-refractivity contribution >= 4 is 21.6 Å². The minimum atomic E-state index is -4.00. The topological polar surface area (TPSA) is 95.3 Å². The van der Waals surface area contributed by atoms with Gasteiger partial charge in [0.2, 0.25) is 10.0 Å². The Balaban J connectivity index is 2.74. The summed E-state index contributed by atoms with van der Waals surface area (Å²) in [6.07, 6.45) is 0. The molecule has 0 aliphatic carbocycles. The Morgan fingerprint density at radius 2 is 2.05 bits per heavy atom. The molecule has 1 aliphatic heterocycles. The van der Waals surface area contributed by atoms with Crippen LogP contribution in [0, 0.1) is 11.3 Å². The van der Waals surface area contributed by atoms with Crippen molar-refractivity contribution in [1.82, 2.24) is 4.31 Å². The second-order valence-electron chi connectivity index (χ2n) is 4.08. The number of carbonyl (C=O) groups is 2. The average molecular weight is 278 g/mol. The molecule has 1 aromatic rings. The van der Waals surface area contributed by atoms with E-state index in [0.29, 0.717) is 4.31 Å². The van der Waals surface area contributed by atoms with E-state index in [-0.39, 0.29) is 10.5 Å². The van der Waals surface area contributed by atoms with Crippen LogP contribution in [0.4, 0.5) is 0 Å². The van der Waals surface area contributed by atoms with Gasteiger partial charge in [-0.15, -0.1) is 0 Å². The molecule has 6 nitrogen and oxygen atoms in total. The van der Waals surface area contributed by atoms with Crippen molar-refractivity contribution in [2.45, 2.75) is 17.9 Å². The maximum Gasteiger partial charge on any atom is 0.245 e. The summed E-state index contributed by atoms with van der Waals surface area (Å²) in [4.78, 5) is 23.6. The van der Waals surface area contributed by atoms with Gasteiger partial charge in [0.25, 0.3) is 0 Å². The van der Waals surface area contributed by atoms with E-state index < -0.39 is 34.2 Å². The molecule has 0 fully saturated rings. The molecule has 0 spiro atoms. The van der Waals surface area contributed by atoms with Crippen LogP contribution in [0.2, 0.25) is 0 Å². The molecule has 1 atom stereocenters. The molecular formula is C12H10N2O4S. The number of hydrogen-bond donors (Lipinski definition) is 0. The van der Waals surface area contributed by atoms with E-state index in [2.05, 4.69) is 0 Å². The number of ketones is 2. The smallest absolute Gasteiger partial charge is 0.245 e. The van der Waals surface area contributed by atoms with Crippen LogP contribution >= 0.6 is 0 Å². The van der Waals surface area contributed by atoms with Gasteiger partial charge in [-0.25, -0.2) is 8.42 Å². The van der Waals surface area contributed by atoms with Crippen LogP contribution < -0.4 is 0 Å². The molecule has 0 saturated heterocycles. The van der Waals surface area contributed by atoms with Crippen molar-refractivity contribution in [3.05, 3.63) is 29.8 Å². The average Bonchev–Trinajstić information content (AvgIpc) is 2.36. The third-order valence-electron chi connectivity index (χ3n) is 2.89. The molecule has 0 aromatic heterocycles. The maximum absolute atomic E-state index is 12.3. The first-order valence-electron chi connectivity index (χ1n) is 5.43. The minimum Gasteiger partial charge on any atom is -0.298 e. The lowest BCUT2D eigenvalue weighted by Crippen LogP contribution is -2.52. The summed E-state index contributed by atoms with van der Waals surface area (Å²) in [5.74, 6) is -1.19. The second-order valence-corrected chi connectivity index (χ2v) is 5.94. The lowest BCUT2D eigenvalue weighted by atomic mass is 10.0.